The van der Waals surface area contributed by atoms with E-state index in [1.54, 1.807) is 12.1 Å². The third kappa shape index (κ3) is 5.62. The minimum Gasteiger partial charge on any atom is -0.355 e. The van der Waals surface area contributed by atoms with Crippen molar-refractivity contribution >= 4 is 43.6 Å². The first kappa shape index (κ1) is 25.6. The van der Waals surface area contributed by atoms with Gasteiger partial charge in [0, 0.05) is 37.3 Å². The van der Waals surface area contributed by atoms with Gasteiger partial charge in [-0.2, -0.15) is 4.52 Å². The molecular formula is C26H31FN6O2S2. The lowest BCUT2D eigenvalue weighted by Crippen LogP contribution is -2.37. The van der Waals surface area contributed by atoms with E-state index in [0.29, 0.717) is 12.3 Å². The summed E-state index contributed by atoms with van der Waals surface area (Å²) >= 11 is 1.52. The fraction of sp³-hybridized carbons (Fsp3) is 0.423. The minimum absolute atomic E-state index is 0.224. The number of sulfone groups is 1. The number of anilines is 3. The molecule has 4 heterocycles. The van der Waals surface area contributed by atoms with Crippen molar-refractivity contribution in [2.75, 3.05) is 41.9 Å². The summed E-state index contributed by atoms with van der Waals surface area (Å²) in [5, 5.41) is 7.75. The smallest absolute Gasteiger partial charge is 0.191 e. The molecule has 37 heavy (non-hydrogen) atoms. The van der Waals surface area contributed by atoms with Crippen molar-refractivity contribution in [1.82, 2.24) is 19.6 Å². The number of piperidine rings is 1. The molecule has 0 spiro atoms. The molecule has 1 saturated heterocycles. The number of fused-ring (bicyclic) bond motifs is 1. The first-order valence-electron chi connectivity index (χ1n) is 12.5. The number of benzene rings is 1. The zero-order chi connectivity index (χ0) is 26.2. The second-order valence-corrected chi connectivity index (χ2v) is 12.7. The van der Waals surface area contributed by atoms with E-state index in [1.165, 1.54) is 29.7 Å². The number of aryl methyl sites for hydroxylation is 1. The predicted molar refractivity (Wildman–Crippen MR) is 147 cm³/mol. The maximum absolute atomic E-state index is 13.4. The summed E-state index contributed by atoms with van der Waals surface area (Å²) in [5.41, 5.74) is 3.35. The average molecular weight is 543 g/mol. The van der Waals surface area contributed by atoms with E-state index in [9.17, 15) is 12.8 Å². The highest BCUT2D eigenvalue weighted by Crippen LogP contribution is 2.34. The SMILES string of the molecule is CCc1nc2ccc(N3CCCC(CCS(C)(=O)=O)C3)nn2c1N(C)c1nc(-c2ccc(F)cc2)cs1. The molecule has 196 valence electrons. The highest BCUT2D eigenvalue weighted by atomic mass is 32.2. The fourth-order valence-electron chi connectivity index (χ4n) is 4.85. The van der Waals surface area contributed by atoms with Gasteiger partial charge >= 0.3 is 0 Å². The third-order valence-electron chi connectivity index (χ3n) is 6.82. The molecular weight excluding hydrogens is 511 g/mol. The molecule has 0 aliphatic carbocycles. The molecule has 1 unspecified atom stereocenters. The van der Waals surface area contributed by atoms with Crippen molar-refractivity contribution in [3.63, 3.8) is 0 Å². The zero-order valence-electron chi connectivity index (χ0n) is 21.3. The van der Waals surface area contributed by atoms with Gasteiger partial charge in [0.25, 0.3) is 0 Å². The van der Waals surface area contributed by atoms with Gasteiger partial charge in [0.1, 0.15) is 21.5 Å². The van der Waals surface area contributed by atoms with Crippen LogP contribution in [0.2, 0.25) is 0 Å². The van der Waals surface area contributed by atoms with E-state index in [0.717, 1.165) is 71.7 Å². The van der Waals surface area contributed by atoms with Gasteiger partial charge in [0.2, 0.25) is 0 Å². The molecule has 1 aliphatic rings. The predicted octanol–water partition coefficient (Wildman–Crippen LogP) is 4.97. The Morgan fingerprint density at radius 1 is 1.16 bits per heavy atom. The Morgan fingerprint density at radius 2 is 1.95 bits per heavy atom. The van der Waals surface area contributed by atoms with Crippen LogP contribution in [-0.2, 0) is 16.3 Å². The van der Waals surface area contributed by atoms with Crippen LogP contribution < -0.4 is 9.80 Å². The monoisotopic (exact) mass is 542 g/mol. The van der Waals surface area contributed by atoms with Crippen LogP contribution in [0.25, 0.3) is 16.9 Å². The molecule has 0 bridgehead atoms. The van der Waals surface area contributed by atoms with Crippen LogP contribution >= 0.6 is 11.3 Å². The molecule has 3 aromatic heterocycles. The number of nitrogens with zero attached hydrogens (tertiary/aromatic N) is 6. The van der Waals surface area contributed by atoms with Crippen LogP contribution in [0.1, 0.15) is 31.9 Å². The molecule has 4 aromatic rings. The van der Waals surface area contributed by atoms with Gasteiger partial charge in [0.15, 0.2) is 16.6 Å². The third-order valence-corrected chi connectivity index (χ3v) is 8.71. The molecule has 11 heteroatoms. The second-order valence-electron chi connectivity index (χ2n) is 9.65. The molecule has 0 radical (unpaired) electrons. The Kier molecular flexibility index (Phi) is 7.17. The van der Waals surface area contributed by atoms with Crippen LogP contribution in [-0.4, -0.2) is 60.1 Å². The summed E-state index contributed by atoms with van der Waals surface area (Å²) in [7, 11) is -1.00. The maximum atomic E-state index is 13.4. The standard InChI is InChI=1S/C26H31FN6O2S2/c1-4-21-25(31(2)26-29-22(17-36-26)19-7-9-20(27)10-8-19)33-23(28-21)11-12-24(30-33)32-14-5-6-18(16-32)13-15-37(3,34)35/h7-12,17-18H,4-6,13-16H2,1-3H3. The van der Waals surface area contributed by atoms with E-state index in [2.05, 4.69) is 11.8 Å². The molecule has 8 nitrogen and oxygen atoms in total. The lowest BCUT2D eigenvalue weighted by atomic mass is 9.95. The van der Waals surface area contributed by atoms with Crippen LogP contribution in [0, 0.1) is 11.7 Å². The summed E-state index contributed by atoms with van der Waals surface area (Å²) in [6.07, 6.45) is 4.77. The van der Waals surface area contributed by atoms with Crippen molar-refractivity contribution in [3.8, 4) is 11.3 Å². The molecule has 5 rings (SSSR count). The van der Waals surface area contributed by atoms with E-state index in [-0.39, 0.29) is 11.6 Å². The van der Waals surface area contributed by atoms with E-state index in [4.69, 9.17) is 15.1 Å². The van der Waals surface area contributed by atoms with Gasteiger partial charge in [-0.1, -0.05) is 6.92 Å². The van der Waals surface area contributed by atoms with Crippen molar-refractivity contribution in [2.24, 2.45) is 5.92 Å². The van der Waals surface area contributed by atoms with Crippen LogP contribution in [0.4, 0.5) is 21.2 Å². The largest absolute Gasteiger partial charge is 0.355 e. The van der Waals surface area contributed by atoms with Crippen molar-refractivity contribution in [2.45, 2.75) is 32.6 Å². The molecule has 1 atom stereocenters. The number of hydrogen-bond acceptors (Lipinski definition) is 8. The summed E-state index contributed by atoms with van der Waals surface area (Å²) in [6, 6.07) is 10.3. The Bertz CT molecular complexity index is 1500. The number of thiazole rings is 1. The van der Waals surface area contributed by atoms with Gasteiger partial charge in [-0.3, -0.25) is 0 Å². The summed E-state index contributed by atoms with van der Waals surface area (Å²) in [6.45, 7) is 3.76. The Balaban J connectivity index is 1.43. The van der Waals surface area contributed by atoms with Gasteiger partial charge in [-0.25, -0.2) is 22.8 Å². The van der Waals surface area contributed by atoms with Crippen LogP contribution in [0.5, 0.6) is 0 Å². The first-order chi connectivity index (χ1) is 17.7. The molecule has 0 amide bonds. The van der Waals surface area contributed by atoms with E-state index >= 15 is 0 Å². The first-order valence-corrected chi connectivity index (χ1v) is 15.4. The summed E-state index contributed by atoms with van der Waals surface area (Å²) in [5.74, 6) is 2.01. The number of imidazole rings is 1. The van der Waals surface area contributed by atoms with Gasteiger partial charge < -0.3 is 9.80 Å². The van der Waals surface area contributed by atoms with Gasteiger partial charge in [-0.05, 0) is 68.0 Å². The zero-order valence-corrected chi connectivity index (χ0v) is 22.9. The number of rotatable bonds is 8. The summed E-state index contributed by atoms with van der Waals surface area (Å²) in [4.78, 5) is 13.9. The number of hydrogen-bond donors (Lipinski definition) is 0. The Hall–Kier alpha value is -3.05. The second kappa shape index (κ2) is 10.4. The van der Waals surface area contributed by atoms with Crippen LogP contribution in [0.3, 0.4) is 0 Å². The van der Waals surface area contributed by atoms with Crippen molar-refractivity contribution in [3.05, 3.63) is 53.3 Å². The highest BCUT2D eigenvalue weighted by Gasteiger charge is 2.24. The number of aromatic nitrogens is 4. The molecule has 0 saturated carbocycles. The minimum atomic E-state index is -2.97. The normalized spacial score (nSPS) is 16.4. The fourth-order valence-corrected chi connectivity index (χ4v) is 6.41. The average Bonchev–Trinajstić information content (AvgIpc) is 3.52. The van der Waals surface area contributed by atoms with Gasteiger partial charge in [-0.15, -0.1) is 16.4 Å². The Labute approximate surface area is 220 Å². The quantitative estimate of drug-likeness (QED) is 0.311. The Morgan fingerprint density at radius 3 is 2.68 bits per heavy atom. The van der Waals surface area contributed by atoms with Gasteiger partial charge in [0.05, 0.1) is 17.1 Å². The number of halogens is 1. The maximum Gasteiger partial charge on any atom is 0.191 e. The molecule has 1 fully saturated rings. The summed E-state index contributed by atoms with van der Waals surface area (Å²) < 4.78 is 38.6. The molecule has 1 aromatic carbocycles. The van der Waals surface area contributed by atoms with E-state index in [1.807, 2.05) is 34.0 Å². The van der Waals surface area contributed by atoms with Crippen LogP contribution in [0.15, 0.2) is 41.8 Å². The lowest BCUT2D eigenvalue weighted by Gasteiger charge is -2.33. The van der Waals surface area contributed by atoms with Crippen molar-refractivity contribution < 1.29 is 12.8 Å². The topological polar surface area (TPSA) is 83.7 Å². The van der Waals surface area contributed by atoms with Crippen molar-refractivity contribution in [1.29, 1.82) is 0 Å². The van der Waals surface area contributed by atoms with E-state index < -0.39 is 9.84 Å². The molecule has 0 N–H and O–H groups in total. The highest BCUT2D eigenvalue weighted by molar-refractivity contribution is 7.90. The molecule has 1 aliphatic heterocycles. The lowest BCUT2D eigenvalue weighted by molar-refractivity contribution is 0.402.